The molecule has 5 aliphatic rings. The van der Waals surface area contributed by atoms with Crippen LogP contribution in [0.1, 0.15) is 47.2 Å². The topological polar surface area (TPSA) is 6.48 Å². The van der Waals surface area contributed by atoms with Gasteiger partial charge in [-0.25, -0.2) is 0 Å². The molecule has 276 valence electrons. The second-order valence-corrected chi connectivity index (χ2v) is 16.1. The van der Waals surface area contributed by atoms with Crippen LogP contribution < -0.4 is 9.80 Å². The molecule has 2 nitrogen and oxygen atoms in total. The van der Waals surface area contributed by atoms with Gasteiger partial charge in [-0.1, -0.05) is 147 Å². The molecular formula is C55H46N2. The number of hydrogen-bond acceptors (Lipinski definition) is 2. The highest BCUT2D eigenvalue weighted by atomic mass is 15.2. The molecule has 0 saturated heterocycles. The van der Waals surface area contributed by atoms with Crippen molar-refractivity contribution in [3.8, 4) is 22.3 Å². The Kier molecular flexibility index (Phi) is 8.83. The van der Waals surface area contributed by atoms with Gasteiger partial charge in [0.2, 0.25) is 0 Å². The highest BCUT2D eigenvalue weighted by Crippen LogP contribution is 2.54. The fraction of sp³-hybridized carbons (Fsp3) is 0.127. The van der Waals surface area contributed by atoms with Gasteiger partial charge >= 0.3 is 0 Å². The number of hydrogen-bond donors (Lipinski definition) is 0. The van der Waals surface area contributed by atoms with Gasteiger partial charge in [0.05, 0.1) is 5.69 Å². The van der Waals surface area contributed by atoms with E-state index in [0.29, 0.717) is 0 Å². The smallest absolute Gasteiger partial charge is 0.0543 e. The first kappa shape index (κ1) is 34.8. The molecule has 0 N–H and O–H groups in total. The molecule has 0 spiro atoms. The summed E-state index contributed by atoms with van der Waals surface area (Å²) in [7, 11) is 0. The minimum Gasteiger partial charge on any atom is -0.310 e. The van der Waals surface area contributed by atoms with E-state index in [4.69, 9.17) is 0 Å². The van der Waals surface area contributed by atoms with Gasteiger partial charge < -0.3 is 9.80 Å². The van der Waals surface area contributed by atoms with Crippen LogP contribution in [-0.2, 0) is 31.1 Å². The molecule has 0 fully saturated rings. The third-order valence-corrected chi connectivity index (χ3v) is 12.2. The van der Waals surface area contributed by atoms with E-state index < -0.39 is 0 Å². The molecule has 2 heteroatoms. The second kappa shape index (κ2) is 14.5. The lowest BCUT2D eigenvalue weighted by atomic mass is 9.81. The maximum absolute atomic E-state index is 2.56. The lowest BCUT2D eigenvalue weighted by molar-refractivity contribution is 0.660. The lowest BCUT2D eigenvalue weighted by Gasteiger charge is -2.32. The zero-order valence-electron chi connectivity index (χ0n) is 32.7. The molecule has 0 saturated carbocycles. The summed E-state index contributed by atoms with van der Waals surface area (Å²) < 4.78 is 0. The molecule has 0 radical (unpaired) electrons. The van der Waals surface area contributed by atoms with Gasteiger partial charge in [0.1, 0.15) is 0 Å². The zero-order chi connectivity index (χ0) is 38.3. The minimum absolute atomic E-state index is 0.128. The molecule has 57 heavy (non-hydrogen) atoms. The molecule has 13 rings (SSSR count). The average molecular weight is 735 g/mol. The van der Waals surface area contributed by atoms with Crippen LogP contribution in [0.4, 0.5) is 34.1 Å². The summed E-state index contributed by atoms with van der Waals surface area (Å²) in [5.41, 5.74) is 20.4. The van der Waals surface area contributed by atoms with Crippen molar-refractivity contribution in [2.45, 2.75) is 44.9 Å². The van der Waals surface area contributed by atoms with Crippen molar-refractivity contribution in [2.75, 3.05) is 9.80 Å². The number of benzene rings is 8. The highest BCUT2D eigenvalue weighted by Gasteiger charge is 2.37. The molecule has 8 aromatic rings. The third-order valence-electron chi connectivity index (χ3n) is 12.2. The number of rotatable bonds is 7. The van der Waals surface area contributed by atoms with Crippen LogP contribution in [0.15, 0.2) is 194 Å². The number of anilines is 6. The van der Waals surface area contributed by atoms with Crippen molar-refractivity contribution >= 4 is 34.1 Å². The SMILES string of the molecule is CC1(C)c2ccccc2-c2cc(-c3ccccc3)c(N(c3ccccc3)c3cc4ccc3CCc3ccc(c(N(c5ccccc5)c5ccccc5)c3)CC4)cc21. The van der Waals surface area contributed by atoms with Crippen LogP contribution in [0.25, 0.3) is 22.3 Å². The van der Waals surface area contributed by atoms with E-state index in [1.54, 1.807) is 0 Å². The van der Waals surface area contributed by atoms with Gasteiger partial charge in [-0.05, 0) is 136 Å². The van der Waals surface area contributed by atoms with Crippen LogP contribution in [0.5, 0.6) is 0 Å². The predicted octanol–water partition coefficient (Wildman–Crippen LogP) is 14.5. The summed E-state index contributed by atoms with van der Waals surface area (Å²) in [4.78, 5) is 5.00. The molecule has 0 aromatic heterocycles. The molecule has 0 atom stereocenters. The molecule has 0 amide bonds. The Bertz CT molecular complexity index is 2660. The summed E-state index contributed by atoms with van der Waals surface area (Å²) in [6, 6.07) is 72.0. The fourth-order valence-corrected chi connectivity index (χ4v) is 9.26. The summed E-state index contributed by atoms with van der Waals surface area (Å²) in [5.74, 6) is 0. The number of aryl methyl sites for hydroxylation is 4. The Labute approximate surface area is 337 Å². The first-order valence-electron chi connectivity index (χ1n) is 20.4. The van der Waals surface area contributed by atoms with Crippen LogP contribution >= 0.6 is 0 Å². The summed E-state index contributed by atoms with van der Waals surface area (Å²) >= 11 is 0. The van der Waals surface area contributed by atoms with Crippen molar-refractivity contribution in [1.82, 2.24) is 0 Å². The first-order valence-corrected chi connectivity index (χ1v) is 20.4. The summed E-state index contributed by atoms with van der Waals surface area (Å²) in [6.07, 6.45) is 3.70. The van der Waals surface area contributed by atoms with Crippen LogP contribution in [0, 0.1) is 0 Å². The number of nitrogens with zero attached hydrogens (tertiary/aromatic N) is 2. The standard InChI is InChI=1S/C55H46N2/c1-55(2)50-26-16-15-25-47(50)49-37-48(41-17-7-3-8-18-41)54(38-51(49)55)57(46-23-13-6-14-24-46)53-36-40-28-32-42-31-27-39(29-33-43(53)34-30-40)35-52(42)56(44-19-9-4-10-20-44)45-21-11-5-12-22-45/h3-27,30-31,34-38H,28-29,32-33H2,1-2H3. The molecule has 5 aliphatic carbocycles. The maximum atomic E-state index is 2.56. The maximum Gasteiger partial charge on any atom is 0.0543 e. The molecule has 4 bridgehead atoms. The number of fused-ring (bicyclic) bond motifs is 3. The van der Waals surface area contributed by atoms with Crippen LogP contribution in [-0.4, -0.2) is 0 Å². The van der Waals surface area contributed by atoms with E-state index in [1.807, 2.05) is 0 Å². The third kappa shape index (κ3) is 6.32. The molecule has 8 aromatic carbocycles. The van der Waals surface area contributed by atoms with E-state index in [-0.39, 0.29) is 5.41 Å². The van der Waals surface area contributed by atoms with Crippen LogP contribution in [0.2, 0.25) is 0 Å². The van der Waals surface area contributed by atoms with Gasteiger partial charge in [0, 0.05) is 39.4 Å². The van der Waals surface area contributed by atoms with Crippen molar-refractivity contribution in [2.24, 2.45) is 0 Å². The van der Waals surface area contributed by atoms with Gasteiger partial charge in [0.15, 0.2) is 0 Å². The fourth-order valence-electron chi connectivity index (χ4n) is 9.26. The molecule has 0 unspecified atom stereocenters. The van der Waals surface area contributed by atoms with E-state index in [0.717, 1.165) is 25.7 Å². The molecule has 0 heterocycles. The largest absolute Gasteiger partial charge is 0.310 e. The van der Waals surface area contributed by atoms with E-state index in [9.17, 15) is 0 Å². The summed E-state index contributed by atoms with van der Waals surface area (Å²) in [5, 5.41) is 0. The highest BCUT2D eigenvalue weighted by molar-refractivity contribution is 5.95. The first-order chi connectivity index (χ1) is 28.0. The Morgan fingerprint density at radius 2 is 0.825 bits per heavy atom. The Hall–Kier alpha value is -6.64. The normalized spacial score (nSPS) is 13.6. The Morgan fingerprint density at radius 3 is 1.39 bits per heavy atom. The Balaban J connectivity index is 1.13. The van der Waals surface area contributed by atoms with Crippen molar-refractivity contribution < 1.29 is 0 Å². The average Bonchev–Trinajstić information content (AvgIpc) is 3.48. The molecular weight excluding hydrogens is 689 g/mol. The van der Waals surface area contributed by atoms with Gasteiger partial charge in [-0.2, -0.15) is 0 Å². The number of para-hydroxylation sites is 3. The van der Waals surface area contributed by atoms with Gasteiger partial charge in [-0.3, -0.25) is 0 Å². The zero-order valence-corrected chi connectivity index (χ0v) is 32.7. The molecule has 0 aliphatic heterocycles. The lowest BCUT2D eigenvalue weighted by Crippen LogP contribution is -2.18. The monoisotopic (exact) mass is 734 g/mol. The quantitative estimate of drug-likeness (QED) is 0.161. The van der Waals surface area contributed by atoms with E-state index in [2.05, 4.69) is 218 Å². The van der Waals surface area contributed by atoms with Gasteiger partial charge in [0.25, 0.3) is 0 Å². The van der Waals surface area contributed by atoms with Crippen molar-refractivity contribution in [3.63, 3.8) is 0 Å². The minimum atomic E-state index is -0.128. The van der Waals surface area contributed by atoms with Crippen molar-refractivity contribution in [1.29, 1.82) is 0 Å². The van der Waals surface area contributed by atoms with E-state index >= 15 is 0 Å². The van der Waals surface area contributed by atoms with E-state index in [1.165, 1.54) is 89.8 Å². The van der Waals surface area contributed by atoms with Gasteiger partial charge in [-0.15, -0.1) is 0 Å². The van der Waals surface area contributed by atoms with Crippen LogP contribution in [0.3, 0.4) is 0 Å². The second-order valence-electron chi connectivity index (χ2n) is 16.1. The van der Waals surface area contributed by atoms with Crippen molar-refractivity contribution in [3.05, 3.63) is 228 Å². The summed E-state index contributed by atoms with van der Waals surface area (Å²) in [6.45, 7) is 4.77. The predicted molar refractivity (Wildman–Crippen MR) is 240 cm³/mol. The Morgan fingerprint density at radius 1 is 0.351 bits per heavy atom.